The second-order valence-electron chi connectivity index (χ2n) is 5.12. The third-order valence-electron chi connectivity index (χ3n) is 3.01. The minimum atomic E-state index is -0.126. The summed E-state index contributed by atoms with van der Waals surface area (Å²) in [5.41, 5.74) is 0.483. The molecule has 1 rings (SSSR count). The second-order valence-corrected chi connectivity index (χ2v) is 5.12. The Morgan fingerprint density at radius 2 is 2.05 bits per heavy atom. The van der Waals surface area contributed by atoms with Gasteiger partial charge in [-0.3, -0.25) is 4.79 Å². The predicted molar refractivity (Wildman–Crippen MR) is 80.5 cm³/mol. The van der Waals surface area contributed by atoms with E-state index in [-0.39, 0.29) is 5.91 Å². The molecule has 0 atom stereocenters. The first-order valence-corrected chi connectivity index (χ1v) is 6.91. The normalized spacial score (nSPS) is 10.1. The molecule has 5 heteroatoms. The van der Waals surface area contributed by atoms with Crippen LogP contribution in [0.1, 0.15) is 30.6 Å². The highest BCUT2D eigenvalue weighted by molar-refractivity contribution is 5.97. The Bertz CT molecular complexity index is 521. The lowest BCUT2D eigenvalue weighted by Crippen LogP contribution is -2.35. The Kier molecular flexibility index (Phi) is 6.54. The lowest BCUT2D eigenvalue weighted by molar-refractivity contribution is 0.0736. The molecule has 0 unspecified atom stereocenters. The summed E-state index contributed by atoms with van der Waals surface area (Å²) >= 11 is 0. The number of rotatable bonds is 7. The van der Waals surface area contributed by atoms with E-state index >= 15 is 0 Å². The first-order valence-electron chi connectivity index (χ1n) is 6.91. The molecule has 114 valence electrons. The average molecular weight is 290 g/mol. The maximum atomic E-state index is 12.7. The zero-order chi connectivity index (χ0) is 15.8. The molecule has 0 heterocycles. The first-order chi connectivity index (χ1) is 10.0. The minimum Gasteiger partial charge on any atom is -0.497 e. The van der Waals surface area contributed by atoms with Crippen LogP contribution < -0.4 is 9.47 Å². The van der Waals surface area contributed by atoms with Crippen LogP contribution in [-0.2, 0) is 0 Å². The molecule has 0 aromatic heterocycles. The van der Waals surface area contributed by atoms with Crippen LogP contribution in [0.15, 0.2) is 18.2 Å². The van der Waals surface area contributed by atoms with Crippen LogP contribution in [0.3, 0.4) is 0 Å². The Hall–Kier alpha value is -2.22. The van der Waals surface area contributed by atoms with Crippen molar-refractivity contribution in [3.63, 3.8) is 0 Å². The molecular weight excluding hydrogens is 268 g/mol. The van der Waals surface area contributed by atoms with Crippen LogP contribution in [0.4, 0.5) is 0 Å². The van der Waals surface area contributed by atoms with Crippen LogP contribution in [-0.4, -0.2) is 38.1 Å². The van der Waals surface area contributed by atoms with Gasteiger partial charge in [0, 0.05) is 19.2 Å². The zero-order valence-electron chi connectivity index (χ0n) is 13.0. The van der Waals surface area contributed by atoms with Gasteiger partial charge in [-0.1, -0.05) is 13.8 Å². The number of nitrogens with zero attached hydrogens (tertiary/aromatic N) is 2. The van der Waals surface area contributed by atoms with Crippen molar-refractivity contribution in [2.75, 3.05) is 27.3 Å². The summed E-state index contributed by atoms with van der Waals surface area (Å²) in [7, 11) is 3.09. The van der Waals surface area contributed by atoms with Gasteiger partial charge in [0.1, 0.15) is 11.5 Å². The van der Waals surface area contributed by atoms with Gasteiger partial charge in [-0.25, -0.2) is 0 Å². The topological polar surface area (TPSA) is 62.6 Å². The van der Waals surface area contributed by atoms with Gasteiger partial charge in [0.25, 0.3) is 5.91 Å². The summed E-state index contributed by atoms with van der Waals surface area (Å²) in [5, 5.41) is 8.74. The van der Waals surface area contributed by atoms with E-state index < -0.39 is 0 Å². The van der Waals surface area contributed by atoms with Gasteiger partial charge in [-0.05, 0) is 18.1 Å². The summed E-state index contributed by atoms with van der Waals surface area (Å²) in [6.07, 6.45) is 0.316. The molecule has 0 saturated carbocycles. The molecule has 0 aliphatic heterocycles. The number of ether oxygens (including phenoxy) is 2. The fraction of sp³-hybridized carbons (Fsp3) is 0.500. The number of benzene rings is 1. The van der Waals surface area contributed by atoms with E-state index in [0.29, 0.717) is 42.5 Å². The van der Waals surface area contributed by atoms with E-state index in [2.05, 4.69) is 6.07 Å². The van der Waals surface area contributed by atoms with E-state index in [9.17, 15) is 4.79 Å². The molecule has 1 amide bonds. The van der Waals surface area contributed by atoms with Crippen molar-refractivity contribution in [2.45, 2.75) is 20.3 Å². The highest BCUT2D eigenvalue weighted by Crippen LogP contribution is 2.26. The van der Waals surface area contributed by atoms with Gasteiger partial charge >= 0.3 is 0 Å². The number of nitriles is 1. The van der Waals surface area contributed by atoms with Crippen LogP contribution >= 0.6 is 0 Å². The van der Waals surface area contributed by atoms with Crippen LogP contribution in [0.5, 0.6) is 11.5 Å². The quantitative estimate of drug-likeness (QED) is 0.774. The molecule has 5 nitrogen and oxygen atoms in total. The highest BCUT2D eigenvalue weighted by atomic mass is 16.5. The van der Waals surface area contributed by atoms with Crippen molar-refractivity contribution in [1.82, 2.24) is 4.90 Å². The predicted octanol–water partition coefficient (Wildman–Crippen LogP) is 2.72. The van der Waals surface area contributed by atoms with Crippen molar-refractivity contribution in [3.8, 4) is 17.6 Å². The molecule has 0 bridgehead atoms. The van der Waals surface area contributed by atoms with Crippen LogP contribution in [0.25, 0.3) is 0 Å². The number of methoxy groups -OCH3 is 2. The van der Waals surface area contributed by atoms with Crippen molar-refractivity contribution in [3.05, 3.63) is 23.8 Å². The number of amides is 1. The lowest BCUT2D eigenvalue weighted by Gasteiger charge is -2.24. The molecule has 0 aliphatic rings. The maximum absolute atomic E-state index is 12.7. The summed E-state index contributed by atoms with van der Waals surface area (Å²) in [6, 6.07) is 7.19. The third-order valence-corrected chi connectivity index (χ3v) is 3.01. The molecule has 0 spiro atoms. The second kappa shape index (κ2) is 8.15. The van der Waals surface area contributed by atoms with E-state index in [4.69, 9.17) is 14.7 Å². The molecule has 0 aliphatic carbocycles. The van der Waals surface area contributed by atoms with Crippen molar-refractivity contribution >= 4 is 5.91 Å². The Labute approximate surface area is 126 Å². The molecule has 0 fully saturated rings. The van der Waals surface area contributed by atoms with Gasteiger partial charge in [0.2, 0.25) is 0 Å². The van der Waals surface area contributed by atoms with Gasteiger partial charge < -0.3 is 14.4 Å². The van der Waals surface area contributed by atoms with Crippen molar-refractivity contribution in [2.24, 2.45) is 5.92 Å². The smallest absolute Gasteiger partial charge is 0.257 e. The number of carbonyl (C=O) groups is 1. The SMILES string of the molecule is COc1ccc(C(=O)N(CCC#N)CC(C)C)c(OC)c1. The van der Waals surface area contributed by atoms with Gasteiger partial charge in [0.05, 0.1) is 32.3 Å². The zero-order valence-corrected chi connectivity index (χ0v) is 13.0. The summed E-state index contributed by atoms with van der Waals surface area (Å²) in [4.78, 5) is 14.4. The van der Waals surface area contributed by atoms with E-state index in [1.807, 2.05) is 13.8 Å². The molecule has 0 radical (unpaired) electrons. The van der Waals surface area contributed by atoms with Gasteiger partial charge in [-0.2, -0.15) is 5.26 Å². The van der Waals surface area contributed by atoms with E-state index in [0.717, 1.165) is 0 Å². The molecule has 1 aromatic carbocycles. The maximum Gasteiger partial charge on any atom is 0.257 e. The number of hydrogen-bond donors (Lipinski definition) is 0. The first kappa shape index (κ1) is 16.8. The Morgan fingerprint density at radius 3 is 2.57 bits per heavy atom. The third kappa shape index (κ3) is 4.67. The van der Waals surface area contributed by atoms with E-state index in [1.165, 1.54) is 7.11 Å². The van der Waals surface area contributed by atoms with Gasteiger partial charge in [0.15, 0.2) is 0 Å². The largest absolute Gasteiger partial charge is 0.497 e. The molecular formula is C16H22N2O3. The molecule has 1 aromatic rings. The lowest BCUT2D eigenvalue weighted by atomic mass is 10.1. The standard InChI is InChI=1S/C16H22N2O3/c1-12(2)11-18(9-5-8-17)16(19)14-7-6-13(20-3)10-15(14)21-4/h6-7,10,12H,5,9,11H2,1-4H3. The summed E-state index contributed by atoms with van der Waals surface area (Å²) < 4.78 is 10.4. The van der Waals surface area contributed by atoms with Crippen LogP contribution in [0.2, 0.25) is 0 Å². The molecule has 21 heavy (non-hydrogen) atoms. The van der Waals surface area contributed by atoms with Crippen molar-refractivity contribution in [1.29, 1.82) is 5.26 Å². The minimum absolute atomic E-state index is 0.126. The fourth-order valence-corrected chi connectivity index (χ4v) is 2.05. The Morgan fingerprint density at radius 1 is 1.33 bits per heavy atom. The summed E-state index contributed by atoms with van der Waals surface area (Å²) in [5.74, 6) is 1.32. The summed E-state index contributed by atoms with van der Waals surface area (Å²) in [6.45, 7) is 5.11. The monoisotopic (exact) mass is 290 g/mol. The number of carbonyl (C=O) groups excluding carboxylic acids is 1. The number of hydrogen-bond acceptors (Lipinski definition) is 4. The Balaban J connectivity index is 3.04. The highest BCUT2D eigenvalue weighted by Gasteiger charge is 2.20. The molecule has 0 saturated heterocycles. The van der Waals surface area contributed by atoms with Gasteiger partial charge in [-0.15, -0.1) is 0 Å². The van der Waals surface area contributed by atoms with Crippen LogP contribution in [0, 0.1) is 17.2 Å². The van der Waals surface area contributed by atoms with Crippen molar-refractivity contribution < 1.29 is 14.3 Å². The average Bonchev–Trinajstić information content (AvgIpc) is 2.49. The fourth-order valence-electron chi connectivity index (χ4n) is 2.05. The molecule has 0 N–H and O–H groups in total. The van der Waals surface area contributed by atoms with E-state index in [1.54, 1.807) is 30.2 Å².